The third kappa shape index (κ3) is 6.20. The van der Waals surface area contributed by atoms with Crippen LogP contribution in [0.2, 0.25) is 0 Å². The van der Waals surface area contributed by atoms with Gasteiger partial charge in [0, 0.05) is 27.4 Å². The Kier molecular flexibility index (Phi) is 8.55. The molecule has 0 aliphatic carbocycles. The van der Waals surface area contributed by atoms with E-state index in [1.54, 1.807) is 32.0 Å². The predicted molar refractivity (Wildman–Crippen MR) is 172 cm³/mol. The maximum Gasteiger partial charge on any atom is 0.573 e. The highest BCUT2D eigenvalue weighted by Gasteiger charge is 2.31. The molecule has 0 aliphatic heterocycles. The van der Waals surface area contributed by atoms with E-state index in [9.17, 15) is 22.8 Å². The van der Waals surface area contributed by atoms with Crippen LogP contribution in [-0.2, 0) is 27.1 Å². The highest BCUT2D eigenvalue weighted by Crippen LogP contribution is 2.40. The minimum absolute atomic E-state index is 0.102. The number of rotatable bonds is 10. The lowest BCUT2D eigenvalue weighted by atomic mass is 10.0. The van der Waals surface area contributed by atoms with Crippen LogP contribution in [0.15, 0.2) is 78.9 Å². The number of para-hydroxylation sites is 1. The van der Waals surface area contributed by atoms with Gasteiger partial charge in [-0.1, -0.05) is 31.2 Å². The third-order valence-corrected chi connectivity index (χ3v) is 7.77. The van der Waals surface area contributed by atoms with Gasteiger partial charge < -0.3 is 28.5 Å². The Morgan fingerprint density at radius 2 is 1.51 bits per heavy atom. The molecule has 0 saturated carbocycles. The van der Waals surface area contributed by atoms with Crippen molar-refractivity contribution >= 4 is 44.6 Å². The first-order valence-corrected chi connectivity index (χ1v) is 15.2. The molecular weight excluding hydrogens is 613 g/mol. The molecule has 0 bridgehead atoms. The molecule has 0 unspecified atom stereocenters. The number of nitrogens with one attached hydrogen (secondary N) is 1. The predicted octanol–water partition coefficient (Wildman–Crippen LogP) is 8.80. The molecule has 0 atom stereocenters. The fraction of sp³-hybridized carbons (Fsp3) is 0.222. The summed E-state index contributed by atoms with van der Waals surface area (Å²) in [5, 5.41) is 2.37. The summed E-state index contributed by atoms with van der Waals surface area (Å²) in [5.41, 5.74) is 4.94. The second-order valence-corrected chi connectivity index (χ2v) is 10.7. The van der Waals surface area contributed by atoms with Crippen LogP contribution in [0.1, 0.15) is 42.4 Å². The van der Waals surface area contributed by atoms with Crippen molar-refractivity contribution in [3.63, 3.8) is 0 Å². The second kappa shape index (κ2) is 12.7. The van der Waals surface area contributed by atoms with Crippen LogP contribution < -0.4 is 9.47 Å². The van der Waals surface area contributed by atoms with Crippen LogP contribution in [0, 0.1) is 0 Å². The van der Waals surface area contributed by atoms with Gasteiger partial charge >= 0.3 is 18.3 Å². The molecule has 2 aromatic heterocycles. The molecule has 0 fully saturated rings. The molecule has 0 radical (unpaired) electrons. The van der Waals surface area contributed by atoms with Gasteiger partial charge in [0.15, 0.2) is 0 Å². The lowest BCUT2D eigenvalue weighted by Crippen LogP contribution is -2.16. The summed E-state index contributed by atoms with van der Waals surface area (Å²) in [4.78, 5) is 30.3. The SMILES string of the molecule is CCOC(=O)Cc1c(C(=O)OCC)c2cc(Oc3ccc(OC(F)(F)F)cc3)ccc2n1-c1ccc(CC)c2[nH]c3ccccc3c12. The van der Waals surface area contributed by atoms with Gasteiger partial charge in [0.25, 0.3) is 0 Å². The average molecular weight is 645 g/mol. The standard InChI is InChI=1S/C36H31F3N2O6/c1-4-21-11-17-29(32-25-9-7-8-10-27(25)40-34(21)32)41-28-18-16-24(46-22-12-14-23(15-13-22)47-36(37,38)39)19-26(28)33(35(43)45-6-3)30(41)20-31(42)44-5-2/h7-19,40H,4-6,20H2,1-3H3. The number of carbonyl (C=O) groups is 2. The smallest absolute Gasteiger partial charge is 0.466 e. The molecule has 6 rings (SSSR count). The number of nitrogens with zero attached hydrogens (tertiary/aromatic N) is 1. The highest BCUT2D eigenvalue weighted by atomic mass is 19.4. The third-order valence-electron chi connectivity index (χ3n) is 7.77. The molecule has 242 valence electrons. The molecule has 1 N–H and O–H groups in total. The summed E-state index contributed by atoms with van der Waals surface area (Å²) in [6, 6.07) is 22.1. The van der Waals surface area contributed by atoms with Crippen LogP contribution >= 0.6 is 0 Å². The quantitative estimate of drug-likeness (QED) is 0.150. The van der Waals surface area contributed by atoms with Gasteiger partial charge in [-0.3, -0.25) is 4.79 Å². The van der Waals surface area contributed by atoms with E-state index in [0.717, 1.165) is 51.6 Å². The summed E-state index contributed by atoms with van der Waals surface area (Å²) < 4.78 is 60.6. The number of H-pyrrole nitrogens is 1. The van der Waals surface area contributed by atoms with Crippen molar-refractivity contribution in [1.29, 1.82) is 0 Å². The molecular formula is C36H31F3N2O6. The first-order chi connectivity index (χ1) is 22.6. The molecule has 8 nitrogen and oxygen atoms in total. The maximum absolute atomic E-state index is 13.7. The summed E-state index contributed by atoms with van der Waals surface area (Å²) in [6.45, 7) is 5.75. The molecule has 6 aromatic rings. The topological polar surface area (TPSA) is 91.8 Å². The monoisotopic (exact) mass is 644 g/mol. The Balaban J connectivity index is 1.58. The first kappa shape index (κ1) is 31.5. The van der Waals surface area contributed by atoms with E-state index in [2.05, 4.69) is 16.6 Å². The van der Waals surface area contributed by atoms with Crippen molar-refractivity contribution in [2.75, 3.05) is 13.2 Å². The zero-order valence-corrected chi connectivity index (χ0v) is 25.9. The Bertz CT molecular complexity index is 2110. The lowest BCUT2D eigenvalue weighted by Gasteiger charge is -2.15. The zero-order chi connectivity index (χ0) is 33.3. The van der Waals surface area contributed by atoms with E-state index in [-0.39, 0.29) is 36.7 Å². The van der Waals surface area contributed by atoms with Crippen LogP contribution in [0.3, 0.4) is 0 Å². The molecule has 47 heavy (non-hydrogen) atoms. The number of aromatic amines is 1. The van der Waals surface area contributed by atoms with Crippen molar-refractivity contribution in [2.24, 2.45) is 0 Å². The van der Waals surface area contributed by atoms with E-state index >= 15 is 0 Å². The minimum Gasteiger partial charge on any atom is -0.466 e. The Labute approximate surface area is 267 Å². The van der Waals surface area contributed by atoms with E-state index in [0.29, 0.717) is 22.3 Å². The molecule has 4 aromatic carbocycles. The number of aromatic nitrogens is 2. The van der Waals surface area contributed by atoms with E-state index < -0.39 is 18.3 Å². The van der Waals surface area contributed by atoms with Crippen molar-refractivity contribution in [3.05, 3.63) is 95.7 Å². The second-order valence-electron chi connectivity index (χ2n) is 10.7. The number of hydrogen-bond acceptors (Lipinski definition) is 6. The van der Waals surface area contributed by atoms with Crippen molar-refractivity contribution in [3.8, 4) is 22.9 Å². The largest absolute Gasteiger partial charge is 0.573 e. The molecule has 11 heteroatoms. The number of alkyl halides is 3. The fourth-order valence-electron chi connectivity index (χ4n) is 5.93. The Hall–Kier alpha value is -5.45. The van der Waals surface area contributed by atoms with Gasteiger partial charge in [-0.25, -0.2) is 4.79 Å². The van der Waals surface area contributed by atoms with Crippen molar-refractivity contribution in [1.82, 2.24) is 9.55 Å². The number of esters is 2. The summed E-state index contributed by atoms with van der Waals surface area (Å²) in [5.74, 6) is -0.964. The fourth-order valence-corrected chi connectivity index (χ4v) is 5.93. The van der Waals surface area contributed by atoms with Crippen molar-refractivity contribution in [2.45, 2.75) is 40.0 Å². The number of halogens is 3. The summed E-state index contributed by atoms with van der Waals surface area (Å²) in [6.07, 6.45) is -4.25. The van der Waals surface area contributed by atoms with Gasteiger partial charge in [0.2, 0.25) is 0 Å². The van der Waals surface area contributed by atoms with Crippen LogP contribution in [0.4, 0.5) is 13.2 Å². The van der Waals surface area contributed by atoms with Gasteiger partial charge in [0.05, 0.1) is 41.9 Å². The number of benzene rings is 4. The number of carbonyl (C=O) groups excluding carboxylic acids is 2. The van der Waals surface area contributed by atoms with E-state index in [4.69, 9.17) is 14.2 Å². The Morgan fingerprint density at radius 1 is 0.809 bits per heavy atom. The molecule has 2 heterocycles. The molecule has 0 spiro atoms. The summed E-state index contributed by atoms with van der Waals surface area (Å²) >= 11 is 0. The van der Waals surface area contributed by atoms with E-state index in [1.165, 1.54) is 12.1 Å². The molecule has 0 aliphatic rings. The maximum atomic E-state index is 13.7. The average Bonchev–Trinajstić information content (AvgIpc) is 3.57. The van der Waals surface area contributed by atoms with Gasteiger partial charge in [-0.15, -0.1) is 13.2 Å². The minimum atomic E-state index is -4.82. The number of ether oxygens (including phenoxy) is 4. The summed E-state index contributed by atoms with van der Waals surface area (Å²) in [7, 11) is 0. The van der Waals surface area contributed by atoms with E-state index in [1.807, 2.05) is 41.0 Å². The molecule has 0 amide bonds. The van der Waals surface area contributed by atoms with Crippen LogP contribution in [0.5, 0.6) is 17.2 Å². The van der Waals surface area contributed by atoms with Gasteiger partial charge in [-0.2, -0.15) is 0 Å². The highest BCUT2D eigenvalue weighted by molar-refractivity contribution is 6.14. The van der Waals surface area contributed by atoms with Crippen LogP contribution in [-0.4, -0.2) is 41.1 Å². The number of fused-ring (bicyclic) bond motifs is 4. The normalized spacial score (nSPS) is 11.7. The Morgan fingerprint density at radius 3 is 2.21 bits per heavy atom. The first-order valence-electron chi connectivity index (χ1n) is 15.2. The zero-order valence-electron chi connectivity index (χ0n) is 25.9. The van der Waals surface area contributed by atoms with Gasteiger partial charge in [0.1, 0.15) is 17.2 Å². The van der Waals surface area contributed by atoms with Gasteiger partial charge in [-0.05, 0) is 80.4 Å². The van der Waals surface area contributed by atoms with Crippen molar-refractivity contribution < 1.29 is 41.7 Å². The van der Waals surface area contributed by atoms with Crippen LogP contribution in [0.25, 0.3) is 38.4 Å². The molecule has 0 saturated heterocycles. The number of aryl methyl sites for hydroxylation is 1. The lowest BCUT2D eigenvalue weighted by molar-refractivity contribution is -0.274. The number of hydrogen-bond donors (Lipinski definition) is 1.